The SMILES string of the molecule is CCNC(=NCC1(N(C)C)CCOCC1)NC1CCC(=O)N(C)C1.I. The standard InChI is InChI=1S/C17H33N5O2.HI/c1-5-18-16(20-14-6-7-15(23)22(4)12-14)19-13-17(21(2)3)8-10-24-11-9-17;/h14H,5-13H2,1-4H3,(H2,18,19,20);1H. The number of ether oxygens (including phenoxy) is 1. The van der Waals surface area contributed by atoms with Gasteiger partial charge in [0.25, 0.3) is 0 Å². The van der Waals surface area contributed by atoms with E-state index in [2.05, 4.69) is 36.6 Å². The third-order valence-electron chi connectivity index (χ3n) is 5.22. The number of carbonyl (C=O) groups is 1. The highest BCUT2D eigenvalue weighted by Gasteiger charge is 2.34. The van der Waals surface area contributed by atoms with Crippen LogP contribution in [0.25, 0.3) is 0 Å². The molecule has 1 amide bonds. The quantitative estimate of drug-likeness (QED) is 0.357. The van der Waals surface area contributed by atoms with Gasteiger partial charge in [0.1, 0.15) is 0 Å². The average molecular weight is 467 g/mol. The van der Waals surface area contributed by atoms with E-state index in [1.807, 2.05) is 7.05 Å². The summed E-state index contributed by atoms with van der Waals surface area (Å²) in [6.07, 6.45) is 3.47. The topological polar surface area (TPSA) is 69.2 Å². The van der Waals surface area contributed by atoms with Gasteiger partial charge < -0.3 is 25.2 Å². The van der Waals surface area contributed by atoms with Crippen molar-refractivity contribution in [2.45, 2.75) is 44.2 Å². The fraction of sp³-hybridized carbons (Fsp3) is 0.882. The van der Waals surface area contributed by atoms with Gasteiger partial charge in [-0.3, -0.25) is 9.79 Å². The lowest BCUT2D eigenvalue weighted by Crippen LogP contribution is -2.54. The largest absolute Gasteiger partial charge is 0.381 e. The Balaban J connectivity index is 0.00000312. The van der Waals surface area contributed by atoms with Crippen molar-refractivity contribution in [3.8, 4) is 0 Å². The molecule has 0 aromatic rings. The predicted molar refractivity (Wildman–Crippen MR) is 112 cm³/mol. The Hall–Kier alpha value is -0.610. The van der Waals surface area contributed by atoms with Crippen LogP contribution in [0.5, 0.6) is 0 Å². The molecule has 2 saturated heterocycles. The molecule has 2 fully saturated rings. The fourth-order valence-electron chi connectivity index (χ4n) is 3.37. The van der Waals surface area contributed by atoms with Gasteiger partial charge in [-0.25, -0.2) is 0 Å². The number of rotatable bonds is 5. The molecule has 25 heavy (non-hydrogen) atoms. The summed E-state index contributed by atoms with van der Waals surface area (Å²) in [6.45, 7) is 5.98. The summed E-state index contributed by atoms with van der Waals surface area (Å²) in [5.74, 6) is 1.07. The number of likely N-dealkylation sites (N-methyl/N-ethyl adjacent to an activating group) is 2. The lowest BCUT2D eigenvalue weighted by Gasteiger charge is -2.42. The van der Waals surface area contributed by atoms with Crippen LogP contribution in [0.1, 0.15) is 32.6 Å². The Labute approximate surface area is 169 Å². The van der Waals surface area contributed by atoms with Gasteiger partial charge in [-0.2, -0.15) is 0 Å². The predicted octanol–water partition coefficient (Wildman–Crippen LogP) is 0.891. The maximum atomic E-state index is 11.6. The second-order valence-electron chi connectivity index (χ2n) is 7.08. The van der Waals surface area contributed by atoms with Crippen molar-refractivity contribution in [3.63, 3.8) is 0 Å². The number of aliphatic imine (C=N–C) groups is 1. The highest BCUT2D eigenvalue weighted by molar-refractivity contribution is 14.0. The fourth-order valence-corrected chi connectivity index (χ4v) is 3.37. The van der Waals surface area contributed by atoms with Gasteiger partial charge in [-0.1, -0.05) is 0 Å². The molecule has 2 N–H and O–H groups in total. The Bertz CT molecular complexity index is 452. The Morgan fingerprint density at radius 1 is 1.40 bits per heavy atom. The Kier molecular flexibility index (Phi) is 9.44. The van der Waals surface area contributed by atoms with E-state index in [4.69, 9.17) is 9.73 Å². The summed E-state index contributed by atoms with van der Waals surface area (Å²) < 4.78 is 5.53. The molecule has 0 bridgehead atoms. The van der Waals surface area contributed by atoms with E-state index >= 15 is 0 Å². The molecule has 0 saturated carbocycles. The summed E-state index contributed by atoms with van der Waals surface area (Å²) in [4.78, 5) is 20.6. The van der Waals surface area contributed by atoms with E-state index in [0.717, 1.165) is 58.1 Å². The van der Waals surface area contributed by atoms with Crippen molar-refractivity contribution >= 4 is 35.8 Å². The smallest absolute Gasteiger partial charge is 0.222 e. The van der Waals surface area contributed by atoms with Crippen LogP contribution in [0.2, 0.25) is 0 Å². The van der Waals surface area contributed by atoms with Crippen LogP contribution in [0.3, 0.4) is 0 Å². The van der Waals surface area contributed by atoms with Crippen LogP contribution in [0.4, 0.5) is 0 Å². The number of halogens is 1. The zero-order valence-corrected chi connectivity index (χ0v) is 18.3. The van der Waals surface area contributed by atoms with Crippen molar-refractivity contribution in [3.05, 3.63) is 0 Å². The maximum Gasteiger partial charge on any atom is 0.222 e. The highest BCUT2D eigenvalue weighted by atomic mass is 127. The van der Waals surface area contributed by atoms with Gasteiger partial charge in [-0.05, 0) is 40.3 Å². The van der Waals surface area contributed by atoms with Gasteiger partial charge in [0.05, 0.1) is 6.54 Å². The third-order valence-corrected chi connectivity index (χ3v) is 5.22. The molecule has 1 unspecified atom stereocenters. The second kappa shape index (κ2) is 10.5. The molecule has 8 heteroatoms. The van der Waals surface area contributed by atoms with E-state index in [0.29, 0.717) is 6.42 Å². The second-order valence-corrected chi connectivity index (χ2v) is 7.08. The number of piperidine rings is 1. The summed E-state index contributed by atoms with van der Waals surface area (Å²) in [5, 5.41) is 6.84. The number of hydrogen-bond donors (Lipinski definition) is 2. The van der Waals surface area contributed by atoms with Crippen LogP contribution >= 0.6 is 24.0 Å². The number of carbonyl (C=O) groups excluding carboxylic acids is 1. The molecule has 2 heterocycles. The zero-order valence-electron chi connectivity index (χ0n) is 16.0. The molecule has 0 aromatic heterocycles. The molecule has 1 atom stereocenters. The first-order valence-electron chi connectivity index (χ1n) is 9.01. The molecule has 0 spiro atoms. The molecule has 2 aliphatic heterocycles. The van der Waals surface area contributed by atoms with Crippen molar-refractivity contribution in [2.75, 3.05) is 54.0 Å². The minimum atomic E-state index is 0. The number of hydrogen-bond acceptors (Lipinski definition) is 4. The summed E-state index contributed by atoms with van der Waals surface area (Å²) in [7, 11) is 6.12. The third kappa shape index (κ3) is 6.25. The first kappa shape index (κ1) is 22.4. The highest BCUT2D eigenvalue weighted by Crippen LogP contribution is 2.26. The lowest BCUT2D eigenvalue weighted by atomic mass is 9.89. The van der Waals surface area contributed by atoms with Crippen molar-refractivity contribution in [1.82, 2.24) is 20.4 Å². The molecule has 2 aliphatic rings. The van der Waals surface area contributed by atoms with Crippen LogP contribution in [-0.2, 0) is 9.53 Å². The molecular formula is C17H34IN5O2. The Morgan fingerprint density at radius 2 is 2.08 bits per heavy atom. The van der Waals surface area contributed by atoms with E-state index in [1.165, 1.54) is 0 Å². The maximum absolute atomic E-state index is 11.6. The minimum Gasteiger partial charge on any atom is -0.381 e. The lowest BCUT2D eigenvalue weighted by molar-refractivity contribution is -0.132. The van der Waals surface area contributed by atoms with Gasteiger partial charge in [-0.15, -0.1) is 24.0 Å². The number of guanidine groups is 1. The molecule has 146 valence electrons. The van der Waals surface area contributed by atoms with Crippen molar-refractivity contribution < 1.29 is 9.53 Å². The van der Waals surface area contributed by atoms with E-state index in [1.54, 1.807) is 4.90 Å². The van der Waals surface area contributed by atoms with Crippen LogP contribution in [0.15, 0.2) is 4.99 Å². The van der Waals surface area contributed by atoms with Crippen molar-refractivity contribution in [2.24, 2.45) is 4.99 Å². The molecule has 0 radical (unpaired) electrons. The molecule has 0 aliphatic carbocycles. The first-order valence-corrected chi connectivity index (χ1v) is 9.01. The molecule has 2 rings (SSSR count). The van der Waals surface area contributed by atoms with Crippen LogP contribution in [-0.4, -0.2) is 87.2 Å². The summed E-state index contributed by atoms with van der Waals surface area (Å²) in [5.41, 5.74) is 0.0694. The van der Waals surface area contributed by atoms with E-state index in [-0.39, 0.29) is 41.5 Å². The molecule has 0 aromatic carbocycles. The number of nitrogens with zero attached hydrogens (tertiary/aromatic N) is 3. The summed E-state index contributed by atoms with van der Waals surface area (Å²) in [6, 6.07) is 0.260. The Morgan fingerprint density at radius 3 is 2.64 bits per heavy atom. The normalized spacial score (nSPS) is 24.0. The first-order chi connectivity index (χ1) is 11.5. The van der Waals surface area contributed by atoms with Crippen LogP contribution < -0.4 is 10.6 Å². The number of nitrogens with one attached hydrogen (secondary N) is 2. The minimum absolute atomic E-state index is 0. The number of likely N-dealkylation sites (tertiary alicyclic amines) is 1. The van der Waals surface area contributed by atoms with Crippen LogP contribution in [0, 0.1) is 0 Å². The summed E-state index contributed by atoms with van der Waals surface area (Å²) >= 11 is 0. The van der Waals surface area contributed by atoms with Gasteiger partial charge in [0.15, 0.2) is 5.96 Å². The van der Waals surface area contributed by atoms with Crippen molar-refractivity contribution in [1.29, 1.82) is 0 Å². The van der Waals surface area contributed by atoms with Gasteiger partial charge in [0, 0.05) is 51.4 Å². The van der Waals surface area contributed by atoms with E-state index in [9.17, 15) is 4.79 Å². The average Bonchev–Trinajstić information content (AvgIpc) is 2.57. The zero-order chi connectivity index (χ0) is 17.6. The molecule has 7 nitrogen and oxygen atoms in total. The molecular weight excluding hydrogens is 433 g/mol. The number of amides is 1. The monoisotopic (exact) mass is 467 g/mol. The van der Waals surface area contributed by atoms with E-state index < -0.39 is 0 Å². The van der Waals surface area contributed by atoms with Gasteiger partial charge in [0.2, 0.25) is 5.91 Å². The van der Waals surface area contributed by atoms with Gasteiger partial charge >= 0.3 is 0 Å².